The number of fused-ring (bicyclic) bond motifs is 1. The molecule has 1 aliphatic carbocycles. The summed E-state index contributed by atoms with van der Waals surface area (Å²) in [5.74, 6) is -0.0142. The third kappa shape index (κ3) is 5.23. The second-order valence-electron chi connectivity index (χ2n) is 7.21. The molecule has 0 aromatic carbocycles. The predicted molar refractivity (Wildman–Crippen MR) is 116 cm³/mol. The van der Waals surface area contributed by atoms with E-state index in [1.807, 2.05) is 11.8 Å². The van der Waals surface area contributed by atoms with E-state index in [0.717, 1.165) is 62.2 Å². The molecule has 2 heterocycles. The predicted octanol–water partition coefficient (Wildman–Crippen LogP) is 3.49. The lowest BCUT2D eigenvalue weighted by molar-refractivity contribution is -0.127. The summed E-state index contributed by atoms with van der Waals surface area (Å²) in [7, 11) is 0. The molecule has 1 saturated heterocycles. The summed E-state index contributed by atoms with van der Waals surface area (Å²) in [5, 5.41) is 7.72. The zero-order valence-corrected chi connectivity index (χ0v) is 18.1. The van der Waals surface area contributed by atoms with E-state index in [1.165, 1.54) is 11.3 Å². The van der Waals surface area contributed by atoms with E-state index >= 15 is 0 Å². The molecule has 1 aromatic rings. The van der Waals surface area contributed by atoms with Gasteiger partial charge in [0, 0.05) is 30.9 Å². The third-order valence-corrected chi connectivity index (χ3v) is 6.64. The van der Waals surface area contributed by atoms with Crippen molar-refractivity contribution in [3.05, 3.63) is 16.0 Å². The minimum Gasteiger partial charge on any atom is -0.462 e. The lowest BCUT2D eigenvalue weighted by atomic mass is 10.1. The highest BCUT2D eigenvalue weighted by Gasteiger charge is 2.26. The monoisotopic (exact) mass is 423 g/mol. The van der Waals surface area contributed by atoms with Crippen molar-refractivity contribution in [1.29, 1.82) is 0 Å². The molecule has 6 nitrogen and oxygen atoms in total. The highest BCUT2D eigenvalue weighted by molar-refractivity contribution is 7.80. The Morgan fingerprint density at radius 3 is 2.79 bits per heavy atom. The van der Waals surface area contributed by atoms with Gasteiger partial charge in [-0.2, -0.15) is 0 Å². The number of rotatable bonds is 7. The number of likely N-dealkylation sites (tertiary alicyclic amines) is 1. The number of ether oxygens (including phenoxy) is 1. The standard InChI is InChI=1S/C20H29N3O3S2/c1-2-26-19(25)17-14-8-4-3-5-9-15(14)28-18(17)22-20(27)21-11-7-13-23-12-6-10-16(23)24/h2-13H2,1H3,(H2,21,22,27). The molecule has 1 aliphatic heterocycles. The molecular weight excluding hydrogens is 394 g/mol. The van der Waals surface area contributed by atoms with Gasteiger partial charge >= 0.3 is 5.97 Å². The van der Waals surface area contributed by atoms with E-state index in [1.54, 1.807) is 11.3 Å². The topological polar surface area (TPSA) is 70.7 Å². The Morgan fingerprint density at radius 2 is 2.04 bits per heavy atom. The maximum absolute atomic E-state index is 12.6. The Balaban J connectivity index is 1.58. The zero-order valence-electron chi connectivity index (χ0n) is 16.5. The Morgan fingerprint density at radius 1 is 1.21 bits per heavy atom. The van der Waals surface area contributed by atoms with Crippen molar-refractivity contribution < 1.29 is 14.3 Å². The van der Waals surface area contributed by atoms with Crippen LogP contribution in [0, 0.1) is 0 Å². The van der Waals surface area contributed by atoms with Gasteiger partial charge in [-0.05, 0) is 63.2 Å². The number of thiophene rings is 1. The van der Waals surface area contributed by atoms with Crippen LogP contribution in [-0.2, 0) is 22.4 Å². The van der Waals surface area contributed by atoms with E-state index in [0.29, 0.717) is 30.2 Å². The summed E-state index contributed by atoms with van der Waals surface area (Å²) >= 11 is 7.06. The number of thiocarbonyl (C=S) groups is 1. The molecular formula is C20H29N3O3S2. The van der Waals surface area contributed by atoms with Crippen molar-refractivity contribution >= 4 is 45.5 Å². The van der Waals surface area contributed by atoms with Crippen LogP contribution < -0.4 is 10.6 Å². The first kappa shape index (κ1) is 21.0. The van der Waals surface area contributed by atoms with Gasteiger partial charge in [0.15, 0.2) is 5.11 Å². The highest BCUT2D eigenvalue weighted by Crippen LogP contribution is 2.38. The van der Waals surface area contributed by atoms with E-state index in [9.17, 15) is 9.59 Å². The Kier molecular flexibility index (Phi) is 7.67. The quantitative estimate of drug-likeness (QED) is 0.303. The summed E-state index contributed by atoms with van der Waals surface area (Å²) < 4.78 is 5.31. The molecule has 0 bridgehead atoms. The van der Waals surface area contributed by atoms with Gasteiger partial charge in [0.05, 0.1) is 12.2 Å². The van der Waals surface area contributed by atoms with Crippen LogP contribution in [0.5, 0.6) is 0 Å². The zero-order chi connectivity index (χ0) is 19.9. The normalized spacial score (nSPS) is 16.5. The number of aryl methyl sites for hydroxylation is 1. The first-order valence-electron chi connectivity index (χ1n) is 10.2. The lowest BCUT2D eigenvalue weighted by Gasteiger charge is -2.16. The Labute approximate surface area is 176 Å². The molecule has 28 heavy (non-hydrogen) atoms. The molecule has 1 aromatic heterocycles. The van der Waals surface area contributed by atoms with Crippen molar-refractivity contribution in [2.45, 2.75) is 58.3 Å². The summed E-state index contributed by atoms with van der Waals surface area (Å²) in [6, 6.07) is 0. The number of carbonyl (C=O) groups is 2. The Hall–Kier alpha value is -1.67. The molecule has 2 aliphatic rings. The molecule has 0 atom stereocenters. The SMILES string of the molecule is CCOC(=O)c1c(NC(=S)NCCCN2CCCC2=O)sc2c1CCCCC2. The summed E-state index contributed by atoms with van der Waals surface area (Å²) in [6.07, 6.45) is 7.88. The fourth-order valence-corrected chi connectivity index (χ4v) is 5.36. The van der Waals surface area contributed by atoms with Gasteiger partial charge in [-0.3, -0.25) is 4.79 Å². The molecule has 0 radical (unpaired) electrons. The van der Waals surface area contributed by atoms with E-state index in [2.05, 4.69) is 10.6 Å². The van der Waals surface area contributed by atoms with E-state index in [4.69, 9.17) is 17.0 Å². The smallest absolute Gasteiger partial charge is 0.341 e. The number of anilines is 1. The van der Waals surface area contributed by atoms with Crippen LogP contribution in [0.4, 0.5) is 5.00 Å². The van der Waals surface area contributed by atoms with Crippen molar-refractivity contribution in [2.24, 2.45) is 0 Å². The van der Waals surface area contributed by atoms with Crippen LogP contribution in [0.15, 0.2) is 0 Å². The van der Waals surface area contributed by atoms with E-state index < -0.39 is 0 Å². The number of nitrogens with zero attached hydrogens (tertiary/aromatic N) is 1. The molecule has 8 heteroatoms. The second-order valence-corrected chi connectivity index (χ2v) is 8.72. The first-order valence-corrected chi connectivity index (χ1v) is 11.5. The van der Waals surface area contributed by atoms with Crippen molar-refractivity contribution in [3.8, 4) is 0 Å². The van der Waals surface area contributed by atoms with Gasteiger partial charge in [-0.25, -0.2) is 4.79 Å². The van der Waals surface area contributed by atoms with E-state index in [-0.39, 0.29) is 11.9 Å². The van der Waals surface area contributed by atoms with Crippen LogP contribution in [-0.4, -0.2) is 48.1 Å². The number of nitrogens with one attached hydrogen (secondary N) is 2. The number of amides is 1. The van der Waals surface area contributed by atoms with Gasteiger partial charge in [-0.15, -0.1) is 11.3 Å². The minimum absolute atomic E-state index is 0.250. The average Bonchev–Trinajstić information content (AvgIpc) is 3.14. The lowest BCUT2D eigenvalue weighted by Crippen LogP contribution is -2.33. The fraction of sp³-hybridized carbons (Fsp3) is 0.650. The molecule has 0 unspecified atom stereocenters. The average molecular weight is 424 g/mol. The van der Waals surface area contributed by atoms with Crippen LogP contribution in [0.2, 0.25) is 0 Å². The van der Waals surface area contributed by atoms with Crippen molar-refractivity contribution in [3.63, 3.8) is 0 Å². The van der Waals surface area contributed by atoms with Gasteiger partial charge < -0.3 is 20.3 Å². The maximum Gasteiger partial charge on any atom is 0.341 e. The van der Waals surface area contributed by atoms with Crippen molar-refractivity contribution in [1.82, 2.24) is 10.2 Å². The molecule has 1 fully saturated rings. The molecule has 0 saturated carbocycles. The van der Waals surface area contributed by atoms with Crippen LogP contribution in [0.1, 0.15) is 66.2 Å². The van der Waals surface area contributed by atoms with Gasteiger partial charge in [-0.1, -0.05) is 6.42 Å². The van der Waals surface area contributed by atoms with Gasteiger partial charge in [0.1, 0.15) is 5.00 Å². The summed E-state index contributed by atoms with van der Waals surface area (Å²) in [5.41, 5.74) is 1.80. The molecule has 3 rings (SSSR count). The summed E-state index contributed by atoms with van der Waals surface area (Å²) in [4.78, 5) is 27.4. The molecule has 2 N–H and O–H groups in total. The highest BCUT2D eigenvalue weighted by atomic mass is 32.1. The van der Waals surface area contributed by atoms with Crippen LogP contribution in [0.3, 0.4) is 0 Å². The number of esters is 1. The maximum atomic E-state index is 12.6. The number of carbonyl (C=O) groups excluding carboxylic acids is 2. The molecule has 154 valence electrons. The third-order valence-electron chi connectivity index (χ3n) is 5.19. The fourth-order valence-electron chi connectivity index (χ4n) is 3.81. The van der Waals surface area contributed by atoms with Crippen LogP contribution in [0.25, 0.3) is 0 Å². The number of hydrogen-bond donors (Lipinski definition) is 2. The molecule has 1 amide bonds. The van der Waals surface area contributed by atoms with Gasteiger partial charge in [0.2, 0.25) is 5.91 Å². The minimum atomic E-state index is -0.264. The van der Waals surface area contributed by atoms with Gasteiger partial charge in [0.25, 0.3) is 0 Å². The molecule has 0 spiro atoms. The second kappa shape index (κ2) is 10.2. The summed E-state index contributed by atoms with van der Waals surface area (Å²) in [6.45, 7) is 4.50. The van der Waals surface area contributed by atoms with Crippen LogP contribution >= 0.6 is 23.6 Å². The first-order chi connectivity index (χ1) is 13.6. The largest absolute Gasteiger partial charge is 0.462 e. The number of hydrogen-bond acceptors (Lipinski definition) is 5. The van der Waals surface area contributed by atoms with Crippen molar-refractivity contribution in [2.75, 3.05) is 31.6 Å². The Bertz CT molecular complexity index is 733.